The first-order chi connectivity index (χ1) is 31.7. The third-order valence-corrected chi connectivity index (χ3v) is 15.3. The zero-order valence-corrected chi connectivity index (χ0v) is 49.4. The van der Waals surface area contributed by atoms with Crippen molar-refractivity contribution in [1.29, 1.82) is 0 Å². The summed E-state index contributed by atoms with van der Waals surface area (Å²) >= 11 is 0. The van der Waals surface area contributed by atoms with E-state index in [-0.39, 0.29) is 40.8 Å². The van der Waals surface area contributed by atoms with E-state index in [1.54, 1.807) is 0 Å². The van der Waals surface area contributed by atoms with E-state index in [0.29, 0.717) is 72.5 Å². The minimum Gasteiger partial charge on any atom is -0.421 e. The van der Waals surface area contributed by atoms with Crippen LogP contribution in [0.4, 0.5) is 0 Å². The van der Waals surface area contributed by atoms with E-state index in [1.165, 1.54) is 193 Å². The Balaban J connectivity index is 0.000000264. The van der Waals surface area contributed by atoms with Crippen LogP contribution in [0, 0.1) is 40.8 Å². The van der Waals surface area contributed by atoms with Gasteiger partial charge in [-0.2, -0.15) is 0 Å². The number of aliphatic imine (C=N–C) groups is 3. The van der Waals surface area contributed by atoms with Crippen LogP contribution in [-0.4, -0.2) is 105 Å². The molecule has 385 valence electrons. The fraction of sp³-hybridized carbons (Fsp3) is 0.947. The maximum absolute atomic E-state index is 5.15. The average molecular weight is 1060 g/mol. The molecule has 0 spiro atoms. The van der Waals surface area contributed by atoms with Crippen molar-refractivity contribution in [3.8, 4) is 0 Å². The number of hydrogen-bond donors (Lipinski definition) is 0. The zero-order valence-electron chi connectivity index (χ0n) is 46.2. The number of hydrogen-bond acceptors (Lipinski definition) is 3. The summed E-state index contributed by atoms with van der Waals surface area (Å²) in [5.41, 5.74) is 0. The Labute approximate surface area is 449 Å². The standard InChI is InChI=1S/3C19H36N3.Nd/c3*1-15(2)22(16(3)4)19(20-17-11-7-5-8-12-17)21-18-13-9-6-10-14-18;/h3*15-18H,5-14H2,1-4H3;/q3*-1;+3. The van der Waals surface area contributed by atoms with E-state index in [2.05, 4.69) is 97.8 Å². The van der Waals surface area contributed by atoms with Gasteiger partial charge in [-0.15, -0.1) is 0 Å². The molecule has 0 heterocycles. The molecular weight excluding hydrogens is 955 g/mol. The van der Waals surface area contributed by atoms with Crippen molar-refractivity contribution in [2.45, 2.75) is 348 Å². The maximum Gasteiger partial charge on any atom is 3.00 e. The molecule has 0 amide bonds. The van der Waals surface area contributed by atoms with Crippen LogP contribution in [0.5, 0.6) is 0 Å². The molecule has 1 radical (unpaired) electrons. The van der Waals surface area contributed by atoms with Gasteiger partial charge in [0.25, 0.3) is 0 Å². The molecule has 0 aromatic carbocycles. The van der Waals surface area contributed by atoms with Gasteiger partial charge < -0.3 is 45.6 Å². The van der Waals surface area contributed by atoms with E-state index in [0.717, 1.165) is 17.9 Å². The van der Waals surface area contributed by atoms with Crippen LogP contribution in [0.2, 0.25) is 0 Å². The van der Waals surface area contributed by atoms with E-state index < -0.39 is 0 Å². The molecule has 0 aliphatic heterocycles. The van der Waals surface area contributed by atoms with Crippen LogP contribution >= 0.6 is 0 Å². The smallest absolute Gasteiger partial charge is 0.421 e. The summed E-state index contributed by atoms with van der Waals surface area (Å²) in [5.74, 6) is 3.18. The van der Waals surface area contributed by atoms with Crippen LogP contribution in [0.1, 0.15) is 276 Å². The van der Waals surface area contributed by atoms with Crippen LogP contribution in [-0.2, 0) is 0 Å². The predicted octanol–water partition coefficient (Wildman–Crippen LogP) is 16.5. The molecule has 67 heavy (non-hydrogen) atoms. The average Bonchev–Trinajstić information content (AvgIpc) is 3.28. The summed E-state index contributed by atoms with van der Waals surface area (Å²) in [7, 11) is 0. The molecule has 10 heteroatoms. The normalized spacial score (nSPS) is 22.0. The van der Waals surface area contributed by atoms with E-state index in [4.69, 9.17) is 30.9 Å². The minimum absolute atomic E-state index is 0. The Kier molecular flexibility index (Phi) is 30.5. The molecular formula is C57H108N9Nd. The molecule has 6 saturated carbocycles. The summed E-state index contributed by atoms with van der Waals surface area (Å²) in [5, 5.41) is 15.4. The predicted molar refractivity (Wildman–Crippen MR) is 290 cm³/mol. The third kappa shape index (κ3) is 22.6. The third-order valence-electron chi connectivity index (χ3n) is 15.3. The van der Waals surface area contributed by atoms with Crippen LogP contribution in [0.25, 0.3) is 16.0 Å². The molecule has 0 atom stereocenters. The number of nitrogens with zero attached hydrogens (tertiary/aromatic N) is 9. The van der Waals surface area contributed by atoms with Gasteiger partial charge in [0.15, 0.2) is 0 Å². The van der Waals surface area contributed by atoms with Gasteiger partial charge in [-0.1, -0.05) is 199 Å². The zero-order chi connectivity index (χ0) is 47.8. The van der Waals surface area contributed by atoms with Gasteiger partial charge >= 0.3 is 40.8 Å². The van der Waals surface area contributed by atoms with Crippen LogP contribution < -0.4 is 0 Å². The van der Waals surface area contributed by atoms with Crippen molar-refractivity contribution in [1.82, 2.24) is 14.7 Å². The largest absolute Gasteiger partial charge is 3.00 e. The van der Waals surface area contributed by atoms with Crippen molar-refractivity contribution >= 4 is 17.9 Å². The Hall–Kier alpha value is -0.839. The molecule has 0 bridgehead atoms. The summed E-state index contributed by atoms with van der Waals surface area (Å²) < 4.78 is 0. The molecule has 6 rings (SSSR count). The fourth-order valence-corrected chi connectivity index (χ4v) is 11.9. The van der Waals surface area contributed by atoms with Crippen LogP contribution in [0.3, 0.4) is 0 Å². The molecule has 0 aromatic rings. The summed E-state index contributed by atoms with van der Waals surface area (Å²) in [6.07, 6.45) is 39.5. The Morgan fingerprint density at radius 1 is 0.284 bits per heavy atom. The molecule has 6 aliphatic carbocycles. The molecule has 0 unspecified atom stereocenters. The Morgan fingerprint density at radius 2 is 0.448 bits per heavy atom. The molecule has 0 saturated heterocycles. The minimum atomic E-state index is 0. The molecule has 0 N–H and O–H groups in total. The second kappa shape index (κ2) is 33.7. The molecule has 6 aliphatic rings. The topological polar surface area (TPSA) is 89.1 Å². The van der Waals surface area contributed by atoms with Crippen molar-refractivity contribution in [3.05, 3.63) is 16.0 Å². The second-order valence-electron chi connectivity index (χ2n) is 23.2. The monoisotopic (exact) mass is 1060 g/mol. The summed E-state index contributed by atoms with van der Waals surface area (Å²) in [6, 6.07) is 5.87. The van der Waals surface area contributed by atoms with Gasteiger partial charge in [-0.25, -0.2) is 0 Å². The van der Waals surface area contributed by atoms with Crippen molar-refractivity contribution in [2.75, 3.05) is 0 Å². The van der Waals surface area contributed by atoms with Gasteiger partial charge in [0.2, 0.25) is 0 Å². The van der Waals surface area contributed by atoms with Crippen molar-refractivity contribution in [3.63, 3.8) is 0 Å². The SMILES string of the molecule is CC(C)N(C(=NC1CCCCC1)[N-]C1CCCCC1)C(C)C.CC(C)N(C(=NC1CCCCC1)[N-]C1CCCCC1)C(C)C.CC(C)N(C(=NC1CCCCC1)[N-]C1CCCCC1)C(C)C.[Nd+3]. The number of guanidine groups is 3. The van der Waals surface area contributed by atoms with Crippen LogP contribution in [0.15, 0.2) is 15.0 Å². The Bertz CT molecular complexity index is 1150. The van der Waals surface area contributed by atoms with Gasteiger partial charge in [0, 0.05) is 17.9 Å². The van der Waals surface area contributed by atoms with E-state index >= 15 is 0 Å². The molecule has 6 fully saturated rings. The van der Waals surface area contributed by atoms with Gasteiger partial charge in [-0.3, -0.25) is 0 Å². The summed E-state index contributed by atoms with van der Waals surface area (Å²) in [4.78, 5) is 22.7. The maximum atomic E-state index is 5.15. The first-order valence-corrected chi connectivity index (χ1v) is 28.9. The summed E-state index contributed by atoms with van der Waals surface area (Å²) in [6.45, 7) is 27.2. The van der Waals surface area contributed by atoms with E-state index in [1.807, 2.05) is 0 Å². The van der Waals surface area contributed by atoms with Gasteiger partial charge in [-0.05, 0) is 150 Å². The van der Waals surface area contributed by atoms with E-state index in [9.17, 15) is 0 Å². The number of rotatable bonds is 12. The first kappa shape index (κ1) is 60.5. The van der Waals surface area contributed by atoms with Crippen molar-refractivity contribution < 1.29 is 40.8 Å². The molecule has 9 nitrogen and oxygen atoms in total. The first-order valence-electron chi connectivity index (χ1n) is 28.9. The quantitative estimate of drug-likeness (QED) is 0.144. The van der Waals surface area contributed by atoms with Gasteiger partial charge in [0.05, 0.1) is 0 Å². The Morgan fingerprint density at radius 3 is 0.612 bits per heavy atom. The fourth-order valence-electron chi connectivity index (χ4n) is 11.9. The van der Waals surface area contributed by atoms with Crippen molar-refractivity contribution in [2.24, 2.45) is 15.0 Å². The van der Waals surface area contributed by atoms with Gasteiger partial charge in [0.1, 0.15) is 0 Å². The molecule has 0 aromatic heterocycles. The second-order valence-corrected chi connectivity index (χ2v) is 23.2.